The molecule has 5 heteroatoms. The van der Waals surface area contributed by atoms with E-state index in [0.717, 1.165) is 28.7 Å². The molecule has 2 saturated carbocycles. The number of likely N-dealkylation sites (tertiary alicyclic amines) is 1. The predicted octanol–water partition coefficient (Wildman–Crippen LogP) is 2.81. The number of aromatic amines is 1. The van der Waals surface area contributed by atoms with E-state index in [9.17, 15) is 0 Å². The molecule has 2 aliphatic carbocycles. The first-order chi connectivity index (χ1) is 11.7. The molecular formula is C19H26N4O. The summed E-state index contributed by atoms with van der Waals surface area (Å²) in [4.78, 5) is 2.63. The van der Waals surface area contributed by atoms with E-state index in [1.165, 1.54) is 32.1 Å². The summed E-state index contributed by atoms with van der Waals surface area (Å²) >= 11 is 0. The van der Waals surface area contributed by atoms with Crippen LogP contribution in [-0.4, -0.2) is 47.4 Å². The molecule has 3 aliphatic rings. The Morgan fingerprint density at radius 2 is 2.25 bits per heavy atom. The monoisotopic (exact) mass is 326 g/mol. The Morgan fingerprint density at radius 3 is 3.12 bits per heavy atom. The normalized spacial score (nSPS) is 36.5. The summed E-state index contributed by atoms with van der Waals surface area (Å²) in [6.07, 6.45) is 6.60. The van der Waals surface area contributed by atoms with E-state index in [0.29, 0.717) is 11.5 Å². The van der Waals surface area contributed by atoms with Crippen LogP contribution in [0, 0.1) is 5.41 Å². The van der Waals surface area contributed by atoms with E-state index in [4.69, 9.17) is 4.74 Å². The minimum Gasteiger partial charge on any atom is -0.361 e. The second kappa shape index (κ2) is 5.28. The first-order valence-electron chi connectivity index (χ1n) is 9.17. The van der Waals surface area contributed by atoms with Gasteiger partial charge in [0.1, 0.15) is 0 Å². The maximum atomic E-state index is 5.80. The summed E-state index contributed by atoms with van der Waals surface area (Å²) in [7, 11) is 4.09. The lowest BCUT2D eigenvalue weighted by molar-refractivity contribution is -0.0806. The third-order valence-corrected chi connectivity index (χ3v) is 6.94. The number of aromatic nitrogens is 2. The van der Waals surface area contributed by atoms with Crippen molar-refractivity contribution in [1.29, 1.82) is 0 Å². The first-order valence-corrected chi connectivity index (χ1v) is 9.17. The highest BCUT2D eigenvalue weighted by atomic mass is 16.5. The summed E-state index contributed by atoms with van der Waals surface area (Å²) in [5.74, 6) is 0. The molecule has 0 amide bonds. The van der Waals surface area contributed by atoms with Gasteiger partial charge in [-0.15, -0.1) is 0 Å². The van der Waals surface area contributed by atoms with Gasteiger partial charge < -0.3 is 4.74 Å². The van der Waals surface area contributed by atoms with Gasteiger partial charge >= 0.3 is 0 Å². The number of hydrogen-bond acceptors (Lipinski definition) is 4. The van der Waals surface area contributed by atoms with Crippen molar-refractivity contribution in [3.05, 3.63) is 30.0 Å². The van der Waals surface area contributed by atoms with Crippen LogP contribution in [0.5, 0.6) is 0 Å². The number of hydrogen-bond donors (Lipinski definition) is 2. The van der Waals surface area contributed by atoms with Crippen LogP contribution in [0.4, 0.5) is 0 Å². The molecule has 5 nitrogen and oxygen atoms in total. The Hall–Kier alpha value is -1.43. The summed E-state index contributed by atoms with van der Waals surface area (Å²) in [5, 5.41) is 12.5. The Kier molecular flexibility index (Phi) is 3.27. The van der Waals surface area contributed by atoms with Crippen molar-refractivity contribution in [2.75, 3.05) is 14.2 Å². The molecule has 5 atom stereocenters. The molecule has 2 N–H and O–H groups in total. The van der Waals surface area contributed by atoms with E-state index in [2.05, 4.69) is 39.6 Å². The average Bonchev–Trinajstić information content (AvgIpc) is 3.28. The minimum atomic E-state index is -0.124. The Balaban J connectivity index is 1.37. The van der Waals surface area contributed by atoms with Crippen LogP contribution in [0.1, 0.15) is 44.0 Å². The van der Waals surface area contributed by atoms with Gasteiger partial charge in [-0.1, -0.05) is 24.6 Å². The van der Waals surface area contributed by atoms with Gasteiger partial charge in [0.05, 0.1) is 11.2 Å². The SMILES string of the molecule is COC(NC1CC2N(C)C3CCCC32C1)c1[nH]nc2ccccc12. The minimum absolute atomic E-state index is 0.124. The van der Waals surface area contributed by atoms with E-state index >= 15 is 0 Å². The van der Waals surface area contributed by atoms with Gasteiger partial charge in [-0.25, -0.2) is 0 Å². The van der Waals surface area contributed by atoms with Crippen molar-refractivity contribution in [2.45, 2.75) is 56.5 Å². The molecule has 1 aromatic carbocycles. The van der Waals surface area contributed by atoms with Crippen LogP contribution >= 0.6 is 0 Å². The molecule has 1 saturated heterocycles. The molecule has 5 unspecified atom stereocenters. The lowest BCUT2D eigenvalue weighted by Gasteiger charge is -2.57. The van der Waals surface area contributed by atoms with Crippen LogP contribution in [0.3, 0.4) is 0 Å². The largest absolute Gasteiger partial charge is 0.361 e. The van der Waals surface area contributed by atoms with Gasteiger partial charge in [0.2, 0.25) is 0 Å². The number of benzene rings is 1. The summed E-state index contributed by atoms with van der Waals surface area (Å²) in [6.45, 7) is 0. The van der Waals surface area contributed by atoms with Crippen LogP contribution in [0.25, 0.3) is 10.9 Å². The van der Waals surface area contributed by atoms with Crippen LogP contribution < -0.4 is 5.32 Å². The summed E-state index contributed by atoms with van der Waals surface area (Å²) < 4.78 is 5.80. The van der Waals surface area contributed by atoms with Crippen molar-refractivity contribution < 1.29 is 4.74 Å². The highest BCUT2D eigenvalue weighted by Crippen LogP contribution is 2.61. The average molecular weight is 326 g/mol. The predicted molar refractivity (Wildman–Crippen MR) is 93.6 cm³/mol. The molecular weight excluding hydrogens is 300 g/mol. The van der Waals surface area contributed by atoms with E-state index in [-0.39, 0.29) is 6.23 Å². The smallest absolute Gasteiger partial charge is 0.151 e. The van der Waals surface area contributed by atoms with Gasteiger partial charge in [0.25, 0.3) is 0 Å². The molecule has 3 fully saturated rings. The zero-order valence-electron chi connectivity index (χ0n) is 14.5. The fourth-order valence-corrected chi connectivity index (χ4v) is 5.99. The van der Waals surface area contributed by atoms with Gasteiger partial charge in [0.15, 0.2) is 6.23 Å². The van der Waals surface area contributed by atoms with Crippen LogP contribution in [0.15, 0.2) is 24.3 Å². The van der Waals surface area contributed by atoms with Crippen molar-refractivity contribution in [2.24, 2.45) is 5.41 Å². The third kappa shape index (κ3) is 1.89. The Bertz CT molecular complexity index is 759. The second-order valence-electron chi connectivity index (χ2n) is 7.90. The van der Waals surface area contributed by atoms with Gasteiger partial charge in [-0.05, 0) is 38.8 Å². The lowest BCUT2D eigenvalue weighted by Crippen LogP contribution is -2.64. The fraction of sp³-hybridized carbons (Fsp3) is 0.632. The Labute approximate surface area is 142 Å². The quantitative estimate of drug-likeness (QED) is 0.849. The Morgan fingerprint density at radius 1 is 1.38 bits per heavy atom. The maximum Gasteiger partial charge on any atom is 0.151 e. The molecule has 1 spiro atoms. The van der Waals surface area contributed by atoms with Crippen molar-refractivity contribution in [3.8, 4) is 0 Å². The number of H-pyrrole nitrogens is 1. The molecule has 24 heavy (non-hydrogen) atoms. The zero-order chi connectivity index (χ0) is 16.3. The van der Waals surface area contributed by atoms with Crippen LogP contribution in [-0.2, 0) is 4.74 Å². The van der Waals surface area contributed by atoms with Crippen LogP contribution in [0.2, 0.25) is 0 Å². The topological polar surface area (TPSA) is 53.2 Å². The zero-order valence-corrected chi connectivity index (χ0v) is 14.5. The molecule has 2 heterocycles. The van der Waals surface area contributed by atoms with E-state index in [1.54, 1.807) is 7.11 Å². The molecule has 1 aliphatic heterocycles. The number of ether oxygens (including phenoxy) is 1. The molecule has 1 aromatic heterocycles. The maximum absolute atomic E-state index is 5.80. The number of rotatable bonds is 4. The second-order valence-corrected chi connectivity index (χ2v) is 7.90. The van der Waals surface area contributed by atoms with Crippen molar-refractivity contribution >= 4 is 10.9 Å². The lowest BCUT2D eigenvalue weighted by atomic mass is 9.68. The fourth-order valence-electron chi connectivity index (χ4n) is 5.99. The van der Waals surface area contributed by atoms with Crippen molar-refractivity contribution in [1.82, 2.24) is 20.4 Å². The van der Waals surface area contributed by atoms with E-state index in [1.807, 2.05) is 12.1 Å². The summed E-state index contributed by atoms with van der Waals surface area (Å²) in [5.41, 5.74) is 2.62. The number of para-hydroxylation sites is 1. The highest BCUT2D eigenvalue weighted by Gasteiger charge is 2.64. The summed E-state index contributed by atoms with van der Waals surface area (Å²) in [6, 6.07) is 10.3. The molecule has 0 bridgehead atoms. The number of methoxy groups -OCH3 is 1. The highest BCUT2D eigenvalue weighted by molar-refractivity contribution is 5.81. The van der Waals surface area contributed by atoms with Gasteiger partial charge in [-0.2, -0.15) is 5.10 Å². The van der Waals surface area contributed by atoms with Crippen molar-refractivity contribution in [3.63, 3.8) is 0 Å². The number of nitrogens with zero attached hydrogens (tertiary/aromatic N) is 2. The van der Waals surface area contributed by atoms with Gasteiger partial charge in [-0.3, -0.25) is 15.3 Å². The van der Waals surface area contributed by atoms with Gasteiger partial charge in [0, 0.05) is 36.0 Å². The number of fused-ring (bicyclic) bond motifs is 1. The molecule has 128 valence electrons. The molecule has 0 radical (unpaired) electrons. The first kappa shape index (κ1) is 14.9. The van der Waals surface area contributed by atoms with E-state index < -0.39 is 0 Å². The molecule has 5 rings (SSSR count). The standard InChI is InChI=1S/C19H26N4O/c1-23-15-8-5-9-19(15)11-12(10-16(19)23)20-18(24-2)17-13-6-3-4-7-14(13)21-22-17/h3-4,6-7,12,15-16,18,20H,5,8-11H2,1-2H3,(H,21,22). The number of nitrogens with one attached hydrogen (secondary N) is 2. The molecule has 2 aromatic rings. The third-order valence-electron chi connectivity index (χ3n) is 6.94.